The number of benzene rings is 2. The molecule has 0 radical (unpaired) electrons. The first kappa shape index (κ1) is 17.5. The van der Waals surface area contributed by atoms with Crippen molar-refractivity contribution in [3.05, 3.63) is 60.7 Å². The Morgan fingerprint density at radius 1 is 0.792 bits per heavy atom. The van der Waals surface area contributed by atoms with Crippen molar-refractivity contribution in [1.82, 2.24) is 0 Å². The lowest BCUT2D eigenvalue weighted by Gasteiger charge is -2.16. The molecule has 0 aliphatic rings. The molecular formula is C20H22O4. The predicted octanol–water partition coefficient (Wildman–Crippen LogP) is 4.24. The van der Waals surface area contributed by atoms with Crippen LogP contribution in [0.1, 0.15) is 11.1 Å². The first-order valence-electron chi connectivity index (χ1n) is 7.58. The molecule has 0 amide bonds. The summed E-state index contributed by atoms with van der Waals surface area (Å²) in [5.41, 5.74) is 2.59. The van der Waals surface area contributed by atoms with Gasteiger partial charge in [0, 0.05) is 22.3 Å². The van der Waals surface area contributed by atoms with E-state index in [1.807, 2.05) is 12.1 Å². The van der Waals surface area contributed by atoms with Crippen molar-refractivity contribution in [3.8, 4) is 34.1 Å². The summed E-state index contributed by atoms with van der Waals surface area (Å²) >= 11 is 0. The molecule has 0 bridgehead atoms. The van der Waals surface area contributed by atoms with E-state index in [0.717, 1.165) is 11.1 Å². The molecule has 0 saturated carbocycles. The first-order chi connectivity index (χ1) is 11.6. The average molecular weight is 326 g/mol. The largest absolute Gasteiger partial charge is 0.504 e. The molecule has 0 spiro atoms. The summed E-state index contributed by atoms with van der Waals surface area (Å²) in [5.74, 6) is 0.707. The summed E-state index contributed by atoms with van der Waals surface area (Å²) in [6.45, 7) is 7.41. The summed E-state index contributed by atoms with van der Waals surface area (Å²) in [7, 11) is 3.00. The quantitative estimate of drug-likeness (QED) is 0.747. The van der Waals surface area contributed by atoms with Gasteiger partial charge in [-0.05, 0) is 25.0 Å². The second-order valence-electron chi connectivity index (χ2n) is 5.29. The zero-order valence-electron chi connectivity index (χ0n) is 14.0. The molecule has 2 aromatic carbocycles. The summed E-state index contributed by atoms with van der Waals surface area (Å²) in [6.07, 6.45) is 4.62. The zero-order valence-corrected chi connectivity index (χ0v) is 14.0. The number of allylic oxidation sites excluding steroid dienone is 2. The molecule has 2 N–H and O–H groups in total. The molecule has 24 heavy (non-hydrogen) atoms. The average Bonchev–Trinajstić information content (AvgIpc) is 2.57. The van der Waals surface area contributed by atoms with Crippen LogP contribution in [0.3, 0.4) is 0 Å². The van der Waals surface area contributed by atoms with Crippen molar-refractivity contribution in [1.29, 1.82) is 0 Å². The van der Waals surface area contributed by atoms with Gasteiger partial charge < -0.3 is 19.7 Å². The SMILES string of the molecule is C=CCc1ccc(-c2ccc(CC=C)c(OC)c2O)c(O)c1OC. The van der Waals surface area contributed by atoms with Crippen LogP contribution in [0.25, 0.3) is 11.1 Å². The number of phenols is 2. The van der Waals surface area contributed by atoms with E-state index in [9.17, 15) is 10.2 Å². The maximum absolute atomic E-state index is 10.6. The molecule has 4 nitrogen and oxygen atoms in total. The number of rotatable bonds is 7. The molecule has 2 rings (SSSR count). The molecule has 0 aliphatic carbocycles. The van der Waals surface area contributed by atoms with Crippen molar-refractivity contribution in [2.75, 3.05) is 14.2 Å². The lowest BCUT2D eigenvalue weighted by Crippen LogP contribution is -1.96. The lowest BCUT2D eigenvalue weighted by atomic mass is 9.97. The molecule has 0 aromatic heterocycles. The van der Waals surface area contributed by atoms with Crippen molar-refractivity contribution in [2.24, 2.45) is 0 Å². The maximum Gasteiger partial charge on any atom is 0.166 e. The van der Waals surface area contributed by atoms with Crippen LogP contribution in [-0.4, -0.2) is 24.4 Å². The van der Waals surface area contributed by atoms with Crippen molar-refractivity contribution in [2.45, 2.75) is 12.8 Å². The molecule has 2 aromatic rings. The monoisotopic (exact) mass is 326 g/mol. The zero-order chi connectivity index (χ0) is 17.7. The molecule has 4 heteroatoms. The van der Waals surface area contributed by atoms with Crippen LogP contribution in [0.4, 0.5) is 0 Å². The third kappa shape index (κ3) is 3.08. The number of hydrogen-bond donors (Lipinski definition) is 2. The summed E-state index contributed by atoms with van der Waals surface area (Å²) in [6, 6.07) is 7.19. The Bertz CT molecular complexity index is 697. The molecule has 0 aliphatic heterocycles. The van der Waals surface area contributed by atoms with Crippen LogP contribution in [0, 0.1) is 0 Å². The Morgan fingerprint density at radius 2 is 1.17 bits per heavy atom. The predicted molar refractivity (Wildman–Crippen MR) is 96.1 cm³/mol. The molecule has 126 valence electrons. The van der Waals surface area contributed by atoms with Crippen LogP contribution in [0.2, 0.25) is 0 Å². The van der Waals surface area contributed by atoms with Gasteiger partial charge in [0.1, 0.15) is 0 Å². The van der Waals surface area contributed by atoms with Gasteiger partial charge in [-0.25, -0.2) is 0 Å². The van der Waals surface area contributed by atoms with Crippen molar-refractivity contribution < 1.29 is 19.7 Å². The highest BCUT2D eigenvalue weighted by Crippen LogP contribution is 2.46. The molecule has 0 saturated heterocycles. The van der Waals surface area contributed by atoms with Gasteiger partial charge in [0.25, 0.3) is 0 Å². The van der Waals surface area contributed by atoms with E-state index in [4.69, 9.17) is 9.47 Å². The normalized spacial score (nSPS) is 10.2. The van der Waals surface area contributed by atoms with Gasteiger partial charge in [-0.2, -0.15) is 0 Å². The maximum atomic E-state index is 10.6. The Labute approximate surface area is 142 Å². The Balaban J connectivity index is 2.64. The summed E-state index contributed by atoms with van der Waals surface area (Å²) in [5, 5.41) is 21.2. The van der Waals surface area contributed by atoms with Gasteiger partial charge >= 0.3 is 0 Å². The minimum atomic E-state index is -0.0225. The molecule has 0 fully saturated rings. The second kappa shape index (κ2) is 7.59. The topological polar surface area (TPSA) is 58.9 Å². The fourth-order valence-corrected chi connectivity index (χ4v) is 2.75. The Hall–Kier alpha value is -2.88. The number of aromatic hydroxyl groups is 2. The van der Waals surface area contributed by atoms with Gasteiger partial charge in [0.15, 0.2) is 23.0 Å². The van der Waals surface area contributed by atoms with Gasteiger partial charge in [0.05, 0.1) is 14.2 Å². The van der Waals surface area contributed by atoms with Gasteiger partial charge in [0.2, 0.25) is 0 Å². The number of hydrogen-bond acceptors (Lipinski definition) is 4. The molecule has 0 unspecified atom stereocenters. The van der Waals surface area contributed by atoms with Crippen LogP contribution < -0.4 is 9.47 Å². The van der Waals surface area contributed by atoms with Crippen LogP contribution in [0.15, 0.2) is 49.6 Å². The van der Waals surface area contributed by atoms with E-state index in [-0.39, 0.29) is 11.5 Å². The van der Waals surface area contributed by atoms with E-state index in [0.29, 0.717) is 35.5 Å². The van der Waals surface area contributed by atoms with Gasteiger partial charge in [-0.3, -0.25) is 0 Å². The van der Waals surface area contributed by atoms with Crippen LogP contribution in [0.5, 0.6) is 23.0 Å². The molecule has 0 heterocycles. The highest BCUT2D eigenvalue weighted by Gasteiger charge is 2.19. The van der Waals surface area contributed by atoms with E-state index in [1.165, 1.54) is 14.2 Å². The van der Waals surface area contributed by atoms with E-state index in [1.54, 1.807) is 24.3 Å². The second-order valence-corrected chi connectivity index (χ2v) is 5.29. The molecule has 0 atom stereocenters. The number of methoxy groups -OCH3 is 2. The Morgan fingerprint density at radius 3 is 1.46 bits per heavy atom. The van der Waals surface area contributed by atoms with Crippen LogP contribution >= 0.6 is 0 Å². The van der Waals surface area contributed by atoms with Crippen LogP contribution in [-0.2, 0) is 12.8 Å². The lowest BCUT2D eigenvalue weighted by molar-refractivity contribution is 0.367. The van der Waals surface area contributed by atoms with Gasteiger partial charge in [-0.15, -0.1) is 13.2 Å². The fourth-order valence-electron chi connectivity index (χ4n) is 2.75. The standard InChI is InChI=1S/C20H22O4/c1-5-7-13-9-11-15(17(21)19(13)23-3)16-12-10-14(8-6-2)20(24-4)18(16)22/h5-6,9-12,21-22H,1-2,7-8H2,3-4H3. The minimum Gasteiger partial charge on any atom is -0.504 e. The Kier molecular flexibility index (Phi) is 5.53. The summed E-state index contributed by atoms with van der Waals surface area (Å²) < 4.78 is 10.7. The fraction of sp³-hybridized carbons (Fsp3) is 0.200. The van der Waals surface area contributed by atoms with E-state index in [2.05, 4.69) is 13.2 Å². The van der Waals surface area contributed by atoms with E-state index < -0.39 is 0 Å². The third-order valence-corrected chi connectivity index (χ3v) is 3.85. The van der Waals surface area contributed by atoms with Crippen molar-refractivity contribution >= 4 is 0 Å². The third-order valence-electron chi connectivity index (χ3n) is 3.85. The van der Waals surface area contributed by atoms with Gasteiger partial charge in [-0.1, -0.05) is 24.3 Å². The first-order valence-corrected chi connectivity index (χ1v) is 7.58. The summed E-state index contributed by atoms with van der Waals surface area (Å²) in [4.78, 5) is 0. The highest BCUT2D eigenvalue weighted by molar-refractivity contribution is 5.81. The van der Waals surface area contributed by atoms with Crippen molar-refractivity contribution in [3.63, 3.8) is 0 Å². The molecular weight excluding hydrogens is 304 g/mol. The minimum absolute atomic E-state index is 0.0225. The van der Waals surface area contributed by atoms with E-state index >= 15 is 0 Å². The number of ether oxygens (including phenoxy) is 2. The smallest absolute Gasteiger partial charge is 0.166 e. The highest BCUT2D eigenvalue weighted by atomic mass is 16.5. The number of phenolic OH excluding ortho intramolecular Hbond substituents is 2.